The van der Waals surface area contributed by atoms with Gasteiger partial charge in [-0.3, -0.25) is 14.8 Å². The number of hydrogen-bond donors (Lipinski definition) is 1. The molecule has 3 fully saturated rings. The molecule has 6 nitrogen and oxygen atoms in total. The number of aromatic nitrogens is 2. The van der Waals surface area contributed by atoms with Gasteiger partial charge in [-0.15, -0.1) is 0 Å². The summed E-state index contributed by atoms with van der Waals surface area (Å²) in [5.41, 5.74) is 3.03. The number of thiophene rings is 1. The van der Waals surface area contributed by atoms with Crippen LogP contribution in [-0.2, 0) is 4.74 Å². The van der Waals surface area contributed by atoms with Gasteiger partial charge in [0.05, 0.1) is 18.9 Å². The van der Waals surface area contributed by atoms with E-state index in [0.29, 0.717) is 17.0 Å². The first-order valence-electron chi connectivity index (χ1n) is 10.1. The number of nitrogens with one attached hydrogen (secondary N) is 1. The summed E-state index contributed by atoms with van der Waals surface area (Å²) in [6, 6.07) is 3.93. The Labute approximate surface area is 169 Å². The number of fused-ring (bicyclic) bond motifs is 1. The fourth-order valence-electron chi connectivity index (χ4n) is 5.86. The molecule has 1 aliphatic carbocycles. The van der Waals surface area contributed by atoms with E-state index in [4.69, 9.17) is 4.74 Å². The number of amides is 1. The fourth-order valence-corrected chi connectivity index (χ4v) is 6.51. The number of nitrogens with zero attached hydrogens (tertiary/aromatic N) is 3. The number of likely N-dealkylation sites (tertiary alicyclic amines) is 1. The molecule has 0 spiro atoms. The van der Waals surface area contributed by atoms with Crippen LogP contribution in [0.15, 0.2) is 22.9 Å². The summed E-state index contributed by atoms with van der Waals surface area (Å²) in [5, 5.41) is 11.4. The van der Waals surface area contributed by atoms with E-state index < -0.39 is 0 Å². The van der Waals surface area contributed by atoms with Gasteiger partial charge in [0.1, 0.15) is 5.69 Å². The molecule has 0 aromatic carbocycles. The van der Waals surface area contributed by atoms with Gasteiger partial charge in [-0.25, -0.2) is 0 Å². The highest BCUT2D eigenvalue weighted by Gasteiger charge is 2.63. The molecule has 150 valence electrons. The van der Waals surface area contributed by atoms with Crippen LogP contribution in [0.2, 0.25) is 0 Å². The van der Waals surface area contributed by atoms with Crippen LogP contribution in [0.5, 0.6) is 0 Å². The molecule has 0 bridgehead atoms. The van der Waals surface area contributed by atoms with Gasteiger partial charge >= 0.3 is 0 Å². The monoisotopic (exact) mass is 400 g/mol. The van der Waals surface area contributed by atoms with Crippen LogP contribution in [-0.4, -0.2) is 71.8 Å². The summed E-state index contributed by atoms with van der Waals surface area (Å²) in [7, 11) is 0. The Bertz CT molecular complexity index is 856. The first-order chi connectivity index (χ1) is 13.5. The van der Waals surface area contributed by atoms with Gasteiger partial charge in [0.25, 0.3) is 5.91 Å². The molecule has 7 heteroatoms. The molecule has 28 heavy (non-hydrogen) atoms. The Hall–Kier alpha value is -1.70. The van der Waals surface area contributed by atoms with Crippen molar-refractivity contribution < 1.29 is 9.53 Å². The Morgan fingerprint density at radius 1 is 1.39 bits per heavy atom. The molecule has 2 saturated heterocycles. The number of carbonyl (C=O) groups excluding carboxylic acids is 1. The molecule has 2 atom stereocenters. The Morgan fingerprint density at radius 2 is 2.21 bits per heavy atom. The van der Waals surface area contributed by atoms with Crippen LogP contribution in [0.3, 0.4) is 0 Å². The van der Waals surface area contributed by atoms with Crippen molar-refractivity contribution in [3.05, 3.63) is 28.6 Å². The molecule has 1 amide bonds. The second kappa shape index (κ2) is 6.68. The normalized spacial score (nSPS) is 29.5. The SMILES string of the molecule is CC1(C)C[C@]2(CN3CCOCC3)CN(C(=O)c3cc(-c4ccsc4)n[nH]3)C[C@H]12. The van der Waals surface area contributed by atoms with Gasteiger partial charge in [-0.2, -0.15) is 16.4 Å². The molecule has 2 aromatic rings. The first kappa shape index (κ1) is 18.3. The van der Waals surface area contributed by atoms with Crippen LogP contribution in [0.4, 0.5) is 0 Å². The van der Waals surface area contributed by atoms with Crippen molar-refractivity contribution in [3.63, 3.8) is 0 Å². The van der Waals surface area contributed by atoms with Crippen molar-refractivity contribution in [1.82, 2.24) is 20.0 Å². The zero-order valence-electron chi connectivity index (χ0n) is 16.6. The van der Waals surface area contributed by atoms with E-state index in [1.165, 1.54) is 6.42 Å². The van der Waals surface area contributed by atoms with Crippen molar-refractivity contribution in [2.75, 3.05) is 45.9 Å². The highest BCUT2D eigenvalue weighted by atomic mass is 32.1. The van der Waals surface area contributed by atoms with Gasteiger partial charge < -0.3 is 9.64 Å². The van der Waals surface area contributed by atoms with E-state index in [1.54, 1.807) is 11.3 Å². The number of ether oxygens (including phenoxy) is 1. The number of H-pyrrole nitrogens is 1. The number of hydrogen-bond acceptors (Lipinski definition) is 5. The lowest BCUT2D eigenvalue weighted by molar-refractivity contribution is -0.0966. The van der Waals surface area contributed by atoms with Gasteiger partial charge in [0, 0.05) is 49.1 Å². The second-order valence-electron chi connectivity index (χ2n) is 9.33. The minimum atomic E-state index is 0.0838. The molecular weight excluding hydrogens is 372 g/mol. The molecule has 2 aromatic heterocycles. The van der Waals surface area contributed by atoms with Gasteiger partial charge in [-0.05, 0) is 35.3 Å². The van der Waals surface area contributed by atoms with E-state index in [2.05, 4.69) is 39.2 Å². The summed E-state index contributed by atoms with van der Waals surface area (Å²) in [4.78, 5) is 17.8. The van der Waals surface area contributed by atoms with Crippen LogP contribution < -0.4 is 0 Å². The maximum atomic E-state index is 13.2. The number of rotatable bonds is 4. The summed E-state index contributed by atoms with van der Waals surface area (Å²) < 4.78 is 5.52. The highest BCUT2D eigenvalue weighted by molar-refractivity contribution is 7.08. The van der Waals surface area contributed by atoms with Crippen molar-refractivity contribution in [3.8, 4) is 11.3 Å². The largest absolute Gasteiger partial charge is 0.379 e. The van der Waals surface area contributed by atoms with Crippen LogP contribution in [0.25, 0.3) is 11.3 Å². The minimum Gasteiger partial charge on any atom is -0.379 e. The zero-order valence-corrected chi connectivity index (χ0v) is 17.4. The average Bonchev–Trinajstić information content (AvgIpc) is 3.40. The summed E-state index contributed by atoms with van der Waals surface area (Å²) in [5.74, 6) is 0.645. The first-order valence-corrected chi connectivity index (χ1v) is 11.1. The third kappa shape index (κ3) is 3.00. The maximum absolute atomic E-state index is 13.2. The van der Waals surface area contributed by atoms with Crippen molar-refractivity contribution in [2.24, 2.45) is 16.7 Å². The Morgan fingerprint density at radius 3 is 2.93 bits per heavy atom. The van der Waals surface area contributed by atoms with E-state index >= 15 is 0 Å². The smallest absolute Gasteiger partial charge is 0.271 e. The maximum Gasteiger partial charge on any atom is 0.271 e. The molecule has 5 rings (SSSR count). The standard InChI is InChI=1S/C21H28N4O2S/c1-20(2)12-21(13-24-4-6-27-7-5-24)14-25(10-18(20)21)19(26)17-9-16(22-23-17)15-3-8-28-11-15/h3,8-9,11,18H,4-7,10,12-14H2,1-2H3,(H,22,23)/t18-,21+/m1/s1. The third-order valence-electron chi connectivity index (χ3n) is 6.95. The van der Waals surface area contributed by atoms with Crippen molar-refractivity contribution >= 4 is 17.2 Å². The summed E-state index contributed by atoms with van der Waals surface area (Å²) in [6.07, 6.45) is 1.19. The molecule has 0 radical (unpaired) electrons. The summed E-state index contributed by atoms with van der Waals surface area (Å²) >= 11 is 1.64. The number of aromatic amines is 1. The quantitative estimate of drug-likeness (QED) is 0.857. The second-order valence-corrected chi connectivity index (χ2v) is 10.1. The minimum absolute atomic E-state index is 0.0838. The summed E-state index contributed by atoms with van der Waals surface area (Å²) in [6.45, 7) is 11.2. The predicted octanol–water partition coefficient (Wildman–Crippen LogP) is 2.96. The molecule has 1 N–H and O–H groups in total. The fraction of sp³-hybridized carbons (Fsp3) is 0.619. The van der Waals surface area contributed by atoms with E-state index in [0.717, 1.165) is 57.2 Å². The van der Waals surface area contributed by atoms with Crippen LogP contribution in [0.1, 0.15) is 30.8 Å². The lowest BCUT2D eigenvalue weighted by Crippen LogP contribution is -2.59. The molecule has 2 aliphatic heterocycles. The zero-order chi connectivity index (χ0) is 19.4. The van der Waals surface area contributed by atoms with Gasteiger partial charge in [0.15, 0.2) is 0 Å². The third-order valence-corrected chi connectivity index (χ3v) is 7.64. The van der Waals surface area contributed by atoms with Crippen LogP contribution in [0, 0.1) is 16.7 Å². The highest BCUT2D eigenvalue weighted by Crippen LogP contribution is 2.63. The van der Waals surface area contributed by atoms with Crippen LogP contribution >= 0.6 is 11.3 Å². The molecule has 4 heterocycles. The van der Waals surface area contributed by atoms with E-state index in [1.807, 2.05) is 17.5 Å². The molecule has 0 unspecified atom stereocenters. The van der Waals surface area contributed by atoms with Gasteiger partial charge in [-0.1, -0.05) is 13.8 Å². The lowest BCUT2D eigenvalue weighted by atomic mass is 9.48. The average molecular weight is 401 g/mol. The Kier molecular flexibility index (Phi) is 4.37. The molecular formula is C21H28N4O2S. The Balaban J connectivity index is 1.33. The van der Waals surface area contributed by atoms with Gasteiger partial charge in [0.2, 0.25) is 0 Å². The number of carbonyl (C=O) groups is 1. The molecule has 1 saturated carbocycles. The topological polar surface area (TPSA) is 61.5 Å². The molecule has 3 aliphatic rings. The van der Waals surface area contributed by atoms with E-state index in [-0.39, 0.29) is 11.3 Å². The number of morpholine rings is 1. The van der Waals surface area contributed by atoms with E-state index in [9.17, 15) is 4.79 Å². The van der Waals surface area contributed by atoms with Crippen molar-refractivity contribution in [2.45, 2.75) is 20.3 Å². The van der Waals surface area contributed by atoms with Crippen molar-refractivity contribution in [1.29, 1.82) is 0 Å². The lowest BCUT2D eigenvalue weighted by Gasteiger charge is -2.58. The predicted molar refractivity (Wildman–Crippen MR) is 109 cm³/mol.